The van der Waals surface area contributed by atoms with Gasteiger partial charge >= 0.3 is 0 Å². The summed E-state index contributed by atoms with van der Waals surface area (Å²) in [6, 6.07) is 10.4. The lowest BCUT2D eigenvalue weighted by Crippen LogP contribution is -2.53. The number of anilines is 2. The van der Waals surface area contributed by atoms with Crippen LogP contribution in [0, 0.1) is 11.6 Å². The second-order valence-electron chi connectivity index (χ2n) is 6.48. The molecule has 1 atom stereocenters. The van der Waals surface area contributed by atoms with E-state index in [1.807, 2.05) is 29.2 Å². The summed E-state index contributed by atoms with van der Waals surface area (Å²) in [7, 11) is 1.65. The maximum Gasteiger partial charge on any atom is 0.241 e. The summed E-state index contributed by atoms with van der Waals surface area (Å²) in [5.74, 6) is -0.786. The number of methoxy groups -OCH3 is 1. The van der Waals surface area contributed by atoms with Gasteiger partial charge in [0.1, 0.15) is 17.4 Å². The molecule has 0 bridgehead atoms. The van der Waals surface area contributed by atoms with Gasteiger partial charge in [-0.05, 0) is 31.2 Å². The number of hydrogen-bond acceptors (Lipinski definition) is 4. The lowest BCUT2D eigenvalue weighted by molar-refractivity contribution is -0.120. The van der Waals surface area contributed by atoms with E-state index in [1.54, 1.807) is 14.0 Å². The smallest absolute Gasteiger partial charge is 0.241 e. The summed E-state index contributed by atoms with van der Waals surface area (Å²) in [6.07, 6.45) is 0. The van der Waals surface area contributed by atoms with Crippen LogP contribution in [-0.4, -0.2) is 50.1 Å². The van der Waals surface area contributed by atoms with E-state index in [-0.39, 0.29) is 11.6 Å². The Morgan fingerprint density at radius 1 is 1.11 bits per heavy atom. The van der Waals surface area contributed by atoms with Gasteiger partial charge in [-0.3, -0.25) is 9.69 Å². The minimum absolute atomic E-state index is 0.139. The number of ether oxygens (including phenoxy) is 1. The van der Waals surface area contributed by atoms with E-state index in [4.69, 9.17) is 4.74 Å². The van der Waals surface area contributed by atoms with Crippen LogP contribution in [0.15, 0.2) is 42.5 Å². The standard InChI is InChI=1S/C20H23F2N3O2/c1-14(20(26)23-17-13-15(21)7-8-16(17)22)24-9-11-25(12-10-24)18-5-3-4-6-19(18)27-2/h3-8,13-14H,9-12H2,1-2H3,(H,23,26)/t14-/m1/s1. The van der Waals surface area contributed by atoms with Crippen molar-refractivity contribution in [1.82, 2.24) is 4.90 Å². The molecule has 1 aliphatic rings. The molecule has 1 fully saturated rings. The molecule has 1 heterocycles. The van der Waals surface area contributed by atoms with Crippen LogP contribution < -0.4 is 15.0 Å². The normalized spacial score (nSPS) is 16.1. The van der Waals surface area contributed by atoms with Crippen molar-refractivity contribution in [3.8, 4) is 5.75 Å². The zero-order valence-corrected chi connectivity index (χ0v) is 15.4. The van der Waals surface area contributed by atoms with Gasteiger partial charge in [-0.25, -0.2) is 8.78 Å². The highest BCUT2D eigenvalue weighted by Gasteiger charge is 2.27. The van der Waals surface area contributed by atoms with Crippen LogP contribution in [0.3, 0.4) is 0 Å². The lowest BCUT2D eigenvalue weighted by Gasteiger charge is -2.38. The Kier molecular flexibility index (Phi) is 5.91. The van der Waals surface area contributed by atoms with Crippen LogP contribution in [0.1, 0.15) is 6.92 Å². The predicted octanol–water partition coefficient (Wildman–Crippen LogP) is 3.12. The van der Waals surface area contributed by atoms with Crippen LogP contribution in [-0.2, 0) is 4.79 Å². The number of carbonyl (C=O) groups is 1. The first-order chi connectivity index (χ1) is 13.0. The van der Waals surface area contributed by atoms with Crippen molar-refractivity contribution in [1.29, 1.82) is 0 Å². The lowest BCUT2D eigenvalue weighted by atomic mass is 10.2. The SMILES string of the molecule is COc1ccccc1N1CCN([C@H](C)C(=O)Nc2cc(F)ccc2F)CC1. The molecule has 0 saturated carbocycles. The number of nitrogens with zero attached hydrogens (tertiary/aromatic N) is 2. The molecule has 5 nitrogen and oxygen atoms in total. The minimum atomic E-state index is -0.655. The molecule has 1 aliphatic heterocycles. The molecule has 3 rings (SSSR count). The number of piperazine rings is 1. The largest absolute Gasteiger partial charge is 0.495 e. The molecule has 27 heavy (non-hydrogen) atoms. The Morgan fingerprint density at radius 2 is 1.81 bits per heavy atom. The van der Waals surface area contributed by atoms with Crippen molar-refractivity contribution in [2.75, 3.05) is 43.5 Å². The molecule has 0 aromatic heterocycles. The average Bonchev–Trinajstić information content (AvgIpc) is 2.70. The molecule has 1 saturated heterocycles. The van der Waals surface area contributed by atoms with E-state index in [2.05, 4.69) is 10.2 Å². The van der Waals surface area contributed by atoms with Gasteiger partial charge in [0.05, 0.1) is 24.5 Å². The summed E-state index contributed by atoms with van der Waals surface area (Å²) in [4.78, 5) is 16.7. The molecule has 1 N–H and O–H groups in total. The third-order valence-corrected chi connectivity index (χ3v) is 4.85. The van der Waals surface area contributed by atoms with Gasteiger partial charge < -0.3 is 15.0 Å². The van der Waals surface area contributed by atoms with E-state index in [1.165, 1.54) is 0 Å². The number of benzene rings is 2. The van der Waals surface area contributed by atoms with Gasteiger partial charge in [0.2, 0.25) is 5.91 Å². The summed E-state index contributed by atoms with van der Waals surface area (Å²) in [5, 5.41) is 2.48. The Balaban J connectivity index is 1.60. The highest BCUT2D eigenvalue weighted by Crippen LogP contribution is 2.28. The number of para-hydroxylation sites is 2. The third kappa shape index (κ3) is 4.36. The van der Waals surface area contributed by atoms with Gasteiger partial charge in [0, 0.05) is 32.2 Å². The topological polar surface area (TPSA) is 44.8 Å². The first-order valence-corrected chi connectivity index (χ1v) is 8.87. The molecule has 144 valence electrons. The molecule has 1 amide bonds. The second kappa shape index (κ2) is 8.35. The van der Waals surface area contributed by atoms with E-state index in [0.29, 0.717) is 13.1 Å². The Bertz CT molecular complexity index is 808. The molecule has 2 aromatic rings. The quantitative estimate of drug-likeness (QED) is 0.872. The van der Waals surface area contributed by atoms with E-state index in [9.17, 15) is 13.6 Å². The van der Waals surface area contributed by atoms with Crippen LogP contribution in [0.25, 0.3) is 0 Å². The fourth-order valence-corrected chi connectivity index (χ4v) is 3.24. The van der Waals surface area contributed by atoms with E-state index >= 15 is 0 Å². The first-order valence-electron chi connectivity index (χ1n) is 8.87. The number of amides is 1. The summed E-state index contributed by atoms with van der Waals surface area (Å²) in [5.41, 5.74) is 0.887. The van der Waals surface area contributed by atoms with Gasteiger partial charge in [0.25, 0.3) is 0 Å². The molecular formula is C20H23F2N3O2. The average molecular weight is 375 g/mol. The predicted molar refractivity (Wildman–Crippen MR) is 101 cm³/mol. The zero-order chi connectivity index (χ0) is 19.4. The summed E-state index contributed by atoms with van der Waals surface area (Å²) < 4.78 is 32.4. The molecule has 0 unspecified atom stereocenters. The van der Waals surface area contributed by atoms with E-state index in [0.717, 1.165) is 42.7 Å². The van der Waals surface area contributed by atoms with Crippen LogP contribution in [0.2, 0.25) is 0 Å². The highest BCUT2D eigenvalue weighted by molar-refractivity contribution is 5.94. The molecule has 0 radical (unpaired) electrons. The van der Waals surface area contributed by atoms with Crippen LogP contribution in [0.4, 0.5) is 20.2 Å². The maximum absolute atomic E-state index is 13.7. The number of halogens is 2. The van der Waals surface area contributed by atoms with E-state index < -0.39 is 17.7 Å². The molecular weight excluding hydrogens is 352 g/mol. The molecule has 0 aliphatic carbocycles. The van der Waals surface area contributed by atoms with Gasteiger partial charge in [-0.1, -0.05) is 12.1 Å². The first kappa shape index (κ1) is 19.1. The van der Waals surface area contributed by atoms with Crippen molar-refractivity contribution < 1.29 is 18.3 Å². The van der Waals surface area contributed by atoms with Crippen molar-refractivity contribution in [3.63, 3.8) is 0 Å². The number of hydrogen-bond donors (Lipinski definition) is 1. The minimum Gasteiger partial charge on any atom is -0.495 e. The van der Waals surface area contributed by atoms with Crippen molar-refractivity contribution in [3.05, 3.63) is 54.1 Å². The maximum atomic E-state index is 13.7. The Labute approximate surface area is 157 Å². The van der Waals surface area contributed by atoms with Crippen molar-refractivity contribution in [2.24, 2.45) is 0 Å². The van der Waals surface area contributed by atoms with Crippen LogP contribution in [0.5, 0.6) is 5.75 Å². The molecule has 7 heteroatoms. The Hall–Kier alpha value is -2.67. The molecule has 2 aromatic carbocycles. The fourth-order valence-electron chi connectivity index (χ4n) is 3.24. The van der Waals surface area contributed by atoms with Gasteiger partial charge in [0.15, 0.2) is 0 Å². The second-order valence-corrected chi connectivity index (χ2v) is 6.48. The zero-order valence-electron chi connectivity index (χ0n) is 15.4. The highest BCUT2D eigenvalue weighted by atomic mass is 19.1. The number of nitrogens with one attached hydrogen (secondary N) is 1. The monoisotopic (exact) mass is 375 g/mol. The fraction of sp³-hybridized carbons (Fsp3) is 0.350. The number of carbonyl (C=O) groups excluding carboxylic acids is 1. The van der Waals surface area contributed by atoms with Gasteiger partial charge in [-0.15, -0.1) is 0 Å². The van der Waals surface area contributed by atoms with Crippen molar-refractivity contribution >= 4 is 17.3 Å². The van der Waals surface area contributed by atoms with Gasteiger partial charge in [-0.2, -0.15) is 0 Å². The number of rotatable bonds is 5. The molecule has 0 spiro atoms. The third-order valence-electron chi connectivity index (χ3n) is 4.85. The summed E-state index contributed by atoms with van der Waals surface area (Å²) >= 11 is 0. The summed E-state index contributed by atoms with van der Waals surface area (Å²) in [6.45, 7) is 4.61. The van der Waals surface area contributed by atoms with Crippen LogP contribution >= 0.6 is 0 Å². The van der Waals surface area contributed by atoms with Crippen molar-refractivity contribution in [2.45, 2.75) is 13.0 Å². The Morgan fingerprint density at radius 3 is 2.52 bits per heavy atom.